The van der Waals surface area contributed by atoms with E-state index in [1.165, 1.54) is 11.3 Å². The molecule has 2 aliphatic rings. The average Bonchev–Trinajstić information content (AvgIpc) is 3.24. The number of allylic oxidation sites excluding steroid dienone is 3. The van der Waals surface area contributed by atoms with E-state index in [0.717, 1.165) is 26.1 Å². The van der Waals surface area contributed by atoms with Crippen LogP contribution in [-0.2, 0) is 15.3 Å². The molecule has 28 heavy (non-hydrogen) atoms. The maximum atomic E-state index is 12.6. The van der Waals surface area contributed by atoms with Crippen molar-refractivity contribution in [1.29, 1.82) is 5.26 Å². The number of hydrogen-bond donors (Lipinski definition) is 2. The number of nitrogens with two attached hydrogens (primary N) is 2. The number of carbonyl (C=O) groups is 1. The van der Waals surface area contributed by atoms with Gasteiger partial charge >= 0.3 is 0 Å². The topological polar surface area (TPSA) is 128 Å². The number of aryl methyl sites for hydroxylation is 1. The van der Waals surface area contributed by atoms with Gasteiger partial charge in [0.25, 0.3) is 0 Å². The van der Waals surface area contributed by atoms with Gasteiger partial charge in [-0.15, -0.1) is 21.5 Å². The van der Waals surface area contributed by atoms with Gasteiger partial charge in [0.05, 0.1) is 5.92 Å². The van der Waals surface area contributed by atoms with E-state index in [4.69, 9.17) is 16.2 Å². The Bertz CT molecular complexity index is 1060. The van der Waals surface area contributed by atoms with Crippen LogP contribution in [0.2, 0.25) is 0 Å². The van der Waals surface area contributed by atoms with Gasteiger partial charge in [-0.1, -0.05) is 23.1 Å². The molecule has 1 aliphatic heterocycles. The number of nitriles is 1. The van der Waals surface area contributed by atoms with Gasteiger partial charge < -0.3 is 16.2 Å². The second kappa shape index (κ2) is 7.58. The molecule has 10 heteroatoms. The first-order valence-corrected chi connectivity index (χ1v) is 11.2. The molecule has 0 amide bonds. The molecule has 0 spiro atoms. The fourth-order valence-corrected chi connectivity index (χ4v) is 6.34. The summed E-state index contributed by atoms with van der Waals surface area (Å²) in [5.74, 6) is 1.02. The molecule has 0 bridgehead atoms. The summed E-state index contributed by atoms with van der Waals surface area (Å²) in [6.07, 6.45) is 1.89. The lowest BCUT2D eigenvalue weighted by Crippen LogP contribution is -2.27. The number of hydrogen-bond acceptors (Lipinski definition) is 10. The predicted molar refractivity (Wildman–Crippen MR) is 109 cm³/mol. The highest BCUT2D eigenvalue weighted by atomic mass is 32.2. The largest absolute Gasteiger partial charge is 0.444 e. The third kappa shape index (κ3) is 3.41. The second-order valence-corrected chi connectivity index (χ2v) is 9.98. The molecule has 0 fully saturated rings. The van der Waals surface area contributed by atoms with Crippen molar-refractivity contribution in [1.82, 2.24) is 10.2 Å². The van der Waals surface area contributed by atoms with E-state index in [2.05, 4.69) is 22.3 Å². The summed E-state index contributed by atoms with van der Waals surface area (Å²) in [5, 5.41) is 18.0. The number of thioether (sulfide) groups is 1. The quantitative estimate of drug-likeness (QED) is 0.703. The smallest absolute Gasteiger partial charge is 0.205 e. The third-order valence-electron chi connectivity index (χ3n) is 4.70. The van der Waals surface area contributed by atoms with Crippen LogP contribution >= 0.6 is 34.4 Å². The van der Waals surface area contributed by atoms with Crippen LogP contribution in [0.3, 0.4) is 0 Å². The summed E-state index contributed by atoms with van der Waals surface area (Å²) < 4.78 is 6.44. The Balaban J connectivity index is 1.68. The molecule has 1 atom stereocenters. The lowest BCUT2D eigenvalue weighted by Gasteiger charge is -2.30. The van der Waals surface area contributed by atoms with E-state index in [1.807, 2.05) is 6.92 Å². The number of thiophene rings is 1. The minimum atomic E-state index is -0.443. The number of aromatic nitrogens is 2. The van der Waals surface area contributed by atoms with E-state index >= 15 is 0 Å². The number of carbonyl (C=O) groups excluding carboxylic acids is 1. The maximum absolute atomic E-state index is 12.6. The van der Waals surface area contributed by atoms with Crippen LogP contribution < -0.4 is 11.5 Å². The lowest BCUT2D eigenvalue weighted by atomic mass is 9.80. The van der Waals surface area contributed by atoms with Gasteiger partial charge in [0.2, 0.25) is 11.0 Å². The van der Waals surface area contributed by atoms with Gasteiger partial charge in [0.1, 0.15) is 17.4 Å². The first-order valence-electron chi connectivity index (χ1n) is 8.62. The number of nitrogens with zero attached hydrogens (tertiary/aromatic N) is 3. The fourth-order valence-electron chi connectivity index (χ4n) is 3.39. The van der Waals surface area contributed by atoms with Gasteiger partial charge in [-0.2, -0.15) is 5.26 Å². The number of ether oxygens (including phenoxy) is 1. The summed E-state index contributed by atoms with van der Waals surface area (Å²) >= 11 is 4.51. The molecule has 3 heterocycles. The summed E-state index contributed by atoms with van der Waals surface area (Å²) in [4.78, 5) is 14.7. The summed E-state index contributed by atoms with van der Waals surface area (Å²) in [7, 11) is 0. The Morgan fingerprint density at radius 1 is 1.36 bits per heavy atom. The van der Waals surface area contributed by atoms with Crippen LogP contribution in [0.5, 0.6) is 0 Å². The first-order chi connectivity index (χ1) is 13.5. The van der Waals surface area contributed by atoms with E-state index in [0.29, 0.717) is 40.6 Å². The van der Waals surface area contributed by atoms with Crippen molar-refractivity contribution in [2.45, 2.75) is 42.2 Å². The van der Waals surface area contributed by atoms with E-state index in [1.54, 1.807) is 23.1 Å². The molecule has 4 rings (SSSR count). The van der Waals surface area contributed by atoms with Crippen molar-refractivity contribution in [2.24, 2.45) is 5.73 Å². The SMILES string of the molecule is Cc1sc(C2C(C#N)=C(N)OC3=C2C(=O)CCC3)cc1CSc1nnc(N)s1. The zero-order chi connectivity index (χ0) is 19.8. The predicted octanol–water partition coefficient (Wildman–Crippen LogP) is 3.60. The Kier molecular flexibility index (Phi) is 5.14. The van der Waals surface area contributed by atoms with Crippen molar-refractivity contribution in [3.63, 3.8) is 0 Å². The summed E-state index contributed by atoms with van der Waals surface area (Å²) in [6.45, 7) is 2.04. The molecule has 7 nitrogen and oxygen atoms in total. The van der Waals surface area contributed by atoms with Crippen molar-refractivity contribution < 1.29 is 9.53 Å². The van der Waals surface area contributed by atoms with E-state index < -0.39 is 5.92 Å². The molecule has 4 N–H and O–H groups in total. The van der Waals surface area contributed by atoms with Crippen LogP contribution in [0.4, 0.5) is 5.13 Å². The second-order valence-electron chi connectivity index (χ2n) is 6.46. The van der Waals surface area contributed by atoms with Crippen molar-refractivity contribution in [3.8, 4) is 6.07 Å². The zero-order valence-corrected chi connectivity index (χ0v) is 17.5. The number of Topliss-reactive ketones (excluding diaryl/α,β-unsaturated/α-hetero) is 1. The molecule has 1 aliphatic carbocycles. The highest BCUT2D eigenvalue weighted by molar-refractivity contribution is 8.00. The molecular formula is C18H17N5O2S3. The molecule has 2 aromatic rings. The van der Waals surface area contributed by atoms with Gasteiger partial charge in [0.15, 0.2) is 10.1 Å². The third-order valence-corrected chi connectivity index (χ3v) is 7.79. The van der Waals surface area contributed by atoms with Crippen LogP contribution in [0.15, 0.2) is 33.2 Å². The highest BCUT2D eigenvalue weighted by Gasteiger charge is 2.38. The summed E-state index contributed by atoms with van der Waals surface area (Å²) in [6, 6.07) is 4.22. The molecule has 0 saturated heterocycles. The van der Waals surface area contributed by atoms with E-state index in [-0.39, 0.29) is 11.7 Å². The van der Waals surface area contributed by atoms with Gasteiger partial charge in [-0.3, -0.25) is 4.79 Å². The molecule has 0 radical (unpaired) electrons. The number of ketones is 1. The van der Waals surface area contributed by atoms with Crippen molar-refractivity contribution >= 4 is 45.4 Å². The molecular weight excluding hydrogens is 414 g/mol. The number of anilines is 1. The number of rotatable bonds is 4. The molecule has 0 aromatic carbocycles. The Hall–Kier alpha value is -2.35. The first kappa shape index (κ1) is 19.0. The van der Waals surface area contributed by atoms with Crippen LogP contribution in [0.25, 0.3) is 0 Å². The van der Waals surface area contributed by atoms with Crippen LogP contribution in [0.1, 0.15) is 40.5 Å². The highest BCUT2D eigenvalue weighted by Crippen LogP contribution is 2.46. The monoisotopic (exact) mass is 431 g/mol. The normalized spacial score (nSPS) is 19.4. The van der Waals surface area contributed by atoms with Gasteiger partial charge in [0, 0.05) is 33.9 Å². The maximum Gasteiger partial charge on any atom is 0.205 e. The Morgan fingerprint density at radius 3 is 2.89 bits per heavy atom. The molecule has 144 valence electrons. The minimum Gasteiger partial charge on any atom is -0.444 e. The van der Waals surface area contributed by atoms with Crippen molar-refractivity contribution in [2.75, 3.05) is 5.73 Å². The Morgan fingerprint density at radius 2 is 2.18 bits per heavy atom. The van der Waals surface area contributed by atoms with Crippen LogP contribution in [-0.4, -0.2) is 16.0 Å². The summed E-state index contributed by atoms with van der Waals surface area (Å²) in [5.41, 5.74) is 13.7. The van der Waals surface area contributed by atoms with Gasteiger partial charge in [-0.25, -0.2) is 0 Å². The Labute approximate surface area is 174 Å². The lowest BCUT2D eigenvalue weighted by molar-refractivity contribution is -0.116. The zero-order valence-electron chi connectivity index (χ0n) is 15.0. The average molecular weight is 432 g/mol. The van der Waals surface area contributed by atoms with E-state index in [9.17, 15) is 10.1 Å². The molecule has 2 aromatic heterocycles. The fraction of sp³-hybridized carbons (Fsp3) is 0.333. The van der Waals surface area contributed by atoms with Crippen molar-refractivity contribution in [3.05, 3.63) is 44.2 Å². The van der Waals surface area contributed by atoms with Gasteiger partial charge in [-0.05, 0) is 25.0 Å². The van der Waals surface area contributed by atoms with Crippen LogP contribution in [0, 0.1) is 18.3 Å². The standard InChI is InChI=1S/C18H17N5O2S3/c1-8-9(7-26-18-23-22-17(21)28-18)5-13(27-8)14-10(6-19)16(20)25-12-4-2-3-11(24)15(12)14/h5,14H,2-4,7,20H2,1H3,(H2,21,22). The minimum absolute atomic E-state index is 0.0396. The molecule has 0 saturated carbocycles. The molecule has 1 unspecified atom stereocenters. The number of nitrogen functional groups attached to an aromatic ring is 1.